The van der Waals surface area contributed by atoms with Gasteiger partial charge in [-0.2, -0.15) is 0 Å². The summed E-state index contributed by atoms with van der Waals surface area (Å²) in [5.74, 6) is 0.370. The molecule has 0 aromatic heterocycles. The van der Waals surface area contributed by atoms with Gasteiger partial charge in [-0.05, 0) is 44.3 Å². The SMILES string of the molecule is CNc1c(CN2CCC(C(C)O)CC2)cccc1[N+](=O)[O-]. The van der Waals surface area contributed by atoms with Gasteiger partial charge in [-0.25, -0.2) is 0 Å². The number of hydrogen-bond donors (Lipinski definition) is 2. The molecule has 0 bridgehead atoms. The largest absolute Gasteiger partial charge is 0.393 e. The van der Waals surface area contributed by atoms with E-state index in [-0.39, 0.29) is 16.7 Å². The van der Waals surface area contributed by atoms with Crippen LogP contribution in [0.25, 0.3) is 0 Å². The van der Waals surface area contributed by atoms with Gasteiger partial charge in [0.1, 0.15) is 5.69 Å². The van der Waals surface area contributed by atoms with E-state index in [1.807, 2.05) is 13.0 Å². The quantitative estimate of drug-likeness (QED) is 0.643. The van der Waals surface area contributed by atoms with E-state index in [0.717, 1.165) is 31.5 Å². The number of anilines is 1. The van der Waals surface area contributed by atoms with Crippen molar-refractivity contribution in [2.24, 2.45) is 5.92 Å². The normalized spacial score (nSPS) is 18.4. The first-order valence-electron chi connectivity index (χ1n) is 7.37. The fourth-order valence-electron chi connectivity index (χ4n) is 2.99. The summed E-state index contributed by atoms with van der Waals surface area (Å²) in [4.78, 5) is 13.0. The third-order valence-corrected chi connectivity index (χ3v) is 4.28. The maximum Gasteiger partial charge on any atom is 0.292 e. The Kier molecular flexibility index (Phi) is 5.14. The molecular weight excluding hydrogens is 270 g/mol. The average Bonchev–Trinajstić information content (AvgIpc) is 2.47. The molecule has 1 heterocycles. The van der Waals surface area contributed by atoms with E-state index in [1.54, 1.807) is 13.1 Å². The molecule has 2 N–H and O–H groups in total. The Hall–Kier alpha value is -1.66. The fourth-order valence-corrected chi connectivity index (χ4v) is 2.99. The molecule has 2 rings (SSSR count). The van der Waals surface area contributed by atoms with Crippen LogP contribution in [0.4, 0.5) is 11.4 Å². The van der Waals surface area contributed by atoms with Crippen LogP contribution >= 0.6 is 0 Å². The zero-order valence-corrected chi connectivity index (χ0v) is 12.6. The number of benzene rings is 1. The van der Waals surface area contributed by atoms with Crippen LogP contribution in [-0.2, 0) is 6.54 Å². The van der Waals surface area contributed by atoms with Crippen molar-refractivity contribution in [3.63, 3.8) is 0 Å². The number of aliphatic hydroxyl groups excluding tert-OH is 1. The van der Waals surface area contributed by atoms with Crippen molar-refractivity contribution in [1.82, 2.24) is 4.90 Å². The predicted molar refractivity (Wildman–Crippen MR) is 82.3 cm³/mol. The van der Waals surface area contributed by atoms with E-state index >= 15 is 0 Å². The molecule has 0 aliphatic carbocycles. The zero-order valence-electron chi connectivity index (χ0n) is 12.6. The molecule has 6 nitrogen and oxygen atoms in total. The molecule has 0 spiro atoms. The average molecular weight is 293 g/mol. The molecule has 116 valence electrons. The summed E-state index contributed by atoms with van der Waals surface area (Å²) in [6, 6.07) is 5.19. The van der Waals surface area contributed by atoms with Crippen molar-refractivity contribution in [2.45, 2.75) is 32.4 Å². The van der Waals surface area contributed by atoms with Gasteiger partial charge < -0.3 is 10.4 Å². The highest BCUT2D eigenvalue weighted by atomic mass is 16.6. The molecule has 0 radical (unpaired) electrons. The lowest BCUT2D eigenvalue weighted by molar-refractivity contribution is -0.384. The van der Waals surface area contributed by atoms with E-state index in [2.05, 4.69) is 10.2 Å². The van der Waals surface area contributed by atoms with Crippen LogP contribution in [0, 0.1) is 16.0 Å². The number of hydrogen-bond acceptors (Lipinski definition) is 5. The Labute approximate surface area is 124 Å². The van der Waals surface area contributed by atoms with Crippen LogP contribution in [0.5, 0.6) is 0 Å². The second kappa shape index (κ2) is 6.87. The predicted octanol–water partition coefficient (Wildman–Crippen LogP) is 2.23. The Morgan fingerprint density at radius 1 is 1.48 bits per heavy atom. The monoisotopic (exact) mass is 293 g/mol. The molecule has 0 amide bonds. The van der Waals surface area contributed by atoms with Gasteiger partial charge >= 0.3 is 0 Å². The minimum atomic E-state index is -0.352. The van der Waals surface area contributed by atoms with Crippen LogP contribution in [0.3, 0.4) is 0 Å². The Morgan fingerprint density at radius 3 is 2.67 bits per heavy atom. The number of nitrogens with one attached hydrogen (secondary N) is 1. The number of piperidine rings is 1. The molecule has 1 fully saturated rings. The number of aliphatic hydroxyl groups is 1. The Bertz CT molecular complexity index is 497. The number of likely N-dealkylation sites (tertiary alicyclic amines) is 1. The second-order valence-corrected chi connectivity index (χ2v) is 5.67. The molecule has 21 heavy (non-hydrogen) atoms. The molecule has 1 aromatic carbocycles. The molecule has 1 aromatic rings. The maximum absolute atomic E-state index is 11.1. The number of nitro groups is 1. The number of nitro benzene ring substituents is 1. The maximum atomic E-state index is 11.1. The van der Waals surface area contributed by atoms with E-state index in [9.17, 15) is 15.2 Å². The third kappa shape index (κ3) is 3.71. The minimum Gasteiger partial charge on any atom is -0.393 e. The van der Waals surface area contributed by atoms with Gasteiger partial charge in [-0.15, -0.1) is 0 Å². The summed E-state index contributed by atoms with van der Waals surface area (Å²) in [5, 5.41) is 23.7. The second-order valence-electron chi connectivity index (χ2n) is 5.67. The smallest absolute Gasteiger partial charge is 0.292 e. The summed E-state index contributed by atoms with van der Waals surface area (Å²) < 4.78 is 0. The molecule has 1 saturated heterocycles. The molecule has 1 atom stereocenters. The molecular formula is C15H23N3O3. The third-order valence-electron chi connectivity index (χ3n) is 4.28. The first kappa shape index (κ1) is 15.7. The number of nitrogens with zero attached hydrogens (tertiary/aromatic N) is 2. The first-order chi connectivity index (χ1) is 10.0. The summed E-state index contributed by atoms with van der Waals surface area (Å²) in [7, 11) is 1.71. The van der Waals surface area contributed by atoms with Gasteiger partial charge in [0.2, 0.25) is 0 Å². The van der Waals surface area contributed by atoms with Gasteiger partial charge in [0.25, 0.3) is 5.69 Å². The topological polar surface area (TPSA) is 78.6 Å². The van der Waals surface area contributed by atoms with Crippen molar-refractivity contribution >= 4 is 11.4 Å². The van der Waals surface area contributed by atoms with Crippen molar-refractivity contribution in [3.05, 3.63) is 33.9 Å². The summed E-state index contributed by atoms with van der Waals surface area (Å²) in [6.07, 6.45) is 1.70. The molecule has 0 saturated carbocycles. The highest BCUT2D eigenvalue weighted by Crippen LogP contribution is 2.30. The van der Waals surface area contributed by atoms with E-state index in [1.165, 1.54) is 6.07 Å². The number of para-hydroxylation sites is 1. The molecule has 1 unspecified atom stereocenters. The van der Waals surface area contributed by atoms with Gasteiger partial charge in [0.15, 0.2) is 0 Å². The lowest BCUT2D eigenvalue weighted by atomic mass is 9.92. The van der Waals surface area contributed by atoms with Gasteiger partial charge in [0, 0.05) is 19.7 Å². The minimum absolute atomic E-state index is 0.119. The van der Waals surface area contributed by atoms with Crippen LogP contribution in [0.1, 0.15) is 25.3 Å². The van der Waals surface area contributed by atoms with Crippen LogP contribution in [0.15, 0.2) is 18.2 Å². The van der Waals surface area contributed by atoms with Crippen LogP contribution in [-0.4, -0.2) is 41.2 Å². The summed E-state index contributed by atoms with van der Waals surface area (Å²) >= 11 is 0. The van der Waals surface area contributed by atoms with Crippen molar-refractivity contribution in [3.8, 4) is 0 Å². The van der Waals surface area contributed by atoms with Crippen molar-refractivity contribution in [2.75, 3.05) is 25.5 Å². The lowest BCUT2D eigenvalue weighted by Gasteiger charge is -2.33. The highest BCUT2D eigenvalue weighted by molar-refractivity contribution is 5.66. The zero-order chi connectivity index (χ0) is 15.4. The van der Waals surface area contributed by atoms with Gasteiger partial charge in [0.05, 0.1) is 11.0 Å². The molecule has 1 aliphatic rings. The molecule has 6 heteroatoms. The Balaban J connectivity index is 2.07. The van der Waals surface area contributed by atoms with E-state index in [0.29, 0.717) is 18.2 Å². The van der Waals surface area contributed by atoms with Gasteiger partial charge in [-0.1, -0.05) is 12.1 Å². The number of rotatable bonds is 5. The Morgan fingerprint density at radius 2 is 2.14 bits per heavy atom. The standard InChI is InChI=1S/C15H23N3O3/c1-11(19)12-6-8-17(9-7-12)10-13-4-3-5-14(18(20)21)15(13)16-2/h3-5,11-12,16,19H,6-10H2,1-2H3. The van der Waals surface area contributed by atoms with Crippen LogP contribution < -0.4 is 5.32 Å². The first-order valence-corrected chi connectivity index (χ1v) is 7.37. The fraction of sp³-hybridized carbons (Fsp3) is 0.600. The van der Waals surface area contributed by atoms with E-state index in [4.69, 9.17) is 0 Å². The summed E-state index contributed by atoms with van der Waals surface area (Å²) in [5.41, 5.74) is 1.66. The highest BCUT2D eigenvalue weighted by Gasteiger charge is 2.24. The van der Waals surface area contributed by atoms with Crippen LogP contribution in [0.2, 0.25) is 0 Å². The molecule has 1 aliphatic heterocycles. The summed E-state index contributed by atoms with van der Waals surface area (Å²) in [6.45, 7) is 4.38. The van der Waals surface area contributed by atoms with E-state index < -0.39 is 0 Å². The lowest BCUT2D eigenvalue weighted by Crippen LogP contribution is -2.36. The van der Waals surface area contributed by atoms with Crippen molar-refractivity contribution in [1.29, 1.82) is 0 Å². The van der Waals surface area contributed by atoms with Crippen molar-refractivity contribution < 1.29 is 10.0 Å². The van der Waals surface area contributed by atoms with Gasteiger partial charge in [-0.3, -0.25) is 15.0 Å².